The molecule has 2 heterocycles. The first kappa shape index (κ1) is 48.6. The van der Waals surface area contributed by atoms with Crippen molar-refractivity contribution in [1.29, 1.82) is 0 Å². The average molecular weight is 941 g/mol. The van der Waals surface area contributed by atoms with Crippen molar-refractivity contribution in [3.05, 3.63) is 65.7 Å². The maximum Gasteiger partial charge on any atom is 0.416 e. The molecule has 0 aromatic heterocycles. The van der Waals surface area contributed by atoms with Gasteiger partial charge in [-0.15, -0.1) is 0 Å². The average Bonchev–Trinajstić information content (AvgIpc) is 3.88. The van der Waals surface area contributed by atoms with Crippen molar-refractivity contribution in [3.63, 3.8) is 0 Å². The van der Waals surface area contributed by atoms with Crippen LogP contribution >= 0.6 is 15.9 Å². The molecule has 1 aliphatic carbocycles. The van der Waals surface area contributed by atoms with Crippen molar-refractivity contribution in [1.82, 2.24) is 15.5 Å². The van der Waals surface area contributed by atoms with Gasteiger partial charge in [-0.05, 0) is 111 Å². The molecule has 16 heteroatoms. The number of unbranched alkanes of at least 4 members (excludes halogenated alkanes) is 2. The highest BCUT2D eigenvalue weighted by Crippen LogP contribution is 2.57. The fourth-order valence-electron chi connectivity index (χ4n) is 7.50. The molecule has 3 N–H and O–H groups in total. The summed E-state index contributed by atoms with van der Waals surface area (Å²) < 4.78 is 24.6. The number of benzene rings is 2. The third-order valence-electron chi connectivity index (χ3n) is 12.5. The number of hydrogen-bond acceptors (Lipinski definition) is 9. The van der Waals surface area contributed by atoms with E-state index in [9.17, 15) is 24.0 Å². The molecule has 4 atom stereocenters. The Morgan fingerprint density at radius 2 is 1.69 bits per heavy atom. The van der Waals surface area contributed by atoms with E-state index in [1.807, 2.05) is 24.0 Å². The smallest absolute Gasteiger partial charge is 0.416 e. The van der Waals surface area contributed by atoms with Crippen LogP contribution in [0.1, 0.15) is 102 Å². The number of alkyl halides is 1. The predicted octanol–water partition coefficient (Wildman–Crippen LogP) is 8.82. The summed E-state index contributed by atoms with van der Waals surface area (Å²) in [6.45, 7) is 22.3. The molecule has 1 saturated carbocycles. The highest BCUT2D eigenvalue weighted by atomic mass is 79.9. The first-order valence-electron chi connectivity index (χ1n) is 21.7. The molecule has 1 saturated heterocycles. The first-order valence-corrected chi connectivity index (χ1v) is 25.8. The summed E-state index contributed by atoms with van der Waals surface area (Å²) in [5.74, 6) is -0.792. The zero-order chi connectivity index (χ0) is 45.6. The zero-order valence-electron chi connectivity index (χ0n) is 37.9. The van der Waals surface area contributed by atoms with Crippen LogP contribution in [0, 0.1) is 18.3 Å². The van der Waals surface area contributed by atoms with Gasteiger partial charge in [-0.25, -0.2) is 14.5 Å². The number of anilines is 2. The molecule has 5 amide bonds. The fourth-order valence-corrected chi connectivity index (χ4v) is 9.12. The van der Waals surface area contributed by atoms with Crippen LogP contribution in [0.15, 0.2) is 49.1 Å². The first-order chi connectivity index (χ1) is 29.2. The molecule has 5 rings (SSSR count). The lowest BCUT2D eigenvalue weighted by Crippen LogP contribution is -2.58. The molecule has 340 valence electrons. The van der Waals surface area contributed by atoms with Gasteiger partial charge >= 0.3 is 12.2 Å². The third-order valence-corrected chi connectivity index (χ3v) is 17.5. The van der Waals surface area contributed by atoms with Gasteiger partial charge in [-0.3, -0.25) is 14.4 Å². The van der Waals surface area contributed by atoms with Crippen LogP contribution in [0.2, 0.25) is 18.1 Å². The standard InChI is InChI=1S/C46H66BrN5O9Si/c1-11-22-59-43(56)50-38(29(2)3)40(54)48-31(5)39(53)49-33-17-15-32(16-18-33)27-60-44(57)52-35-25-37(58-23-14-12-13-21-47)30(4)24-34(35)41(55)51-28-46(19-20-46)26-36(51)42(52)61-62(9,10)45(6,7)8/h11,15-18,24-25,29,31,36,38,42H,1,12-14,19-23,26-28H2,2-10H3,(H,48,54)(H,49,53)(H,50,56)/t31-,36-,38-,42?/m0/s1. The number of fused-ring (bicyclic) bond motifs is 2. The van der Waals surface area contributed by atoms with Gasteiger partial charge in [-0.1, -0.05) is 75.3 Å². The largest absolute Gasteiger partial charge is 0.493 e. The van der Waals surface area contributed by atoms with Crippen LogP contribution in [-0.2, 0) is 30.1 Å². The number of ether oxygens (including phenoxy) is 3. The number of carbonyl (C=O) groups is 5. The van der Waals surface area contributed by atoms with Gasteiger partial charge in [0.25, 0.3) is 5.91 Å². The van der Waals surface area contributed by atoms with Gasteiger partial charge in [0.15, 0.2) is 14.5 Å². The number of rotatable bonds is 18. The Morgan fingerprint density at radius 3 is 2.31 bits per heavy atom. The normalized spacial score (nSPS) is 18.9. The summed E-state index contributed by atoms with van der Waals surface area (Å²) >= 11 is 3.49. The van der Waals surface area contributed by atoms with Gasteiger partial charge < -0.3 is 39.5 Å². The molecule has 2 aromatic carbocycles. The van der Waals surface area contributed by atoms with Gasteiger partial charge in [0.05, 0.1) is 23.9 Å². The van der Waals surface area contributed by atoms with Gasteiger partial charge in [0.1, 0.15) is 31.0 Å². The lowest BCUT2D eigenvalue weighted by atomic mass is 10.0. The molecule has 0 radical (unpaired) electrons. The Balaban J connectivity index is 1.35. The number of aryl methyl sites for hydroxylation is 1. The second-order valence-electron chi connectivity index (χ2n) is 18.8. The second kappa shape index (κ2) is 20.4. The van der Waals surface area contributed by atoms with E-state index < -0.39 is 50.6 Å². The van der Waals surface area contributed by atoms with E-state index in [-0.39, 0.29) is 41.5 Å². The molecule has 2 aliphatic heterocycles. The quantitative estimate of drug-likeness (QED) is 0.0574. The zero-order valence-corrected chi connectivity index (χ0v) is 40.4. The minimum absolute atomic E-state index is 0.00515. The van der Waals surface area contributed by atoms with E-state index in [0.717, 1.165) is 49.4 Å². The number of hydrogen-bond donors (Lipinski definition) is 3. The monoisotopic (exact) mass is 939 g/mol. The summed E-state index contributed by atoms with van der Waals surface area (Å²) in [6, 6.07) is 8.28. The van der Waals surface area contributed by atoms with Crippen LogP contribution in [0.4, 0.5) is 21.0 Å². The number of carbonyl (C=O) groups excluding carboxylic acids is 5. The number of halogens is 1. The van der Waals surface area contributed by atoms with E-state index in [4.69, 9.17) is 18.6 Å². The highest BCUT2D eigenvalue weighted by Gasteiger charge is 2.59. The lowest BCUT2D eigenvalue weighted by Gasteiger charge is -2.44. The van der Waals surface area contributed by atoms with Gasteiger partial charge in [-0.2, -0.15) is 0 Å². The van der Waals surface area contributed by atoms with E-state index in [1.165, 1.54) is 6.08 Å². The van der Waals surface area contributed by atoms with Crippen molar-refractivity contribution in [2.45, 2.75) is 136 Å². The van der Waals surface area contributed by atoms with Crippen molar-refractivity contribution in [3.8, 4) is 5.75 Å². The maximum absolute atomic E-state index is 14.7. The Labute approximate surface area is 376 Å². The molecule has 62 heavy (non-hydrogen) atoms. The van der Waals surface area contributed by atoms with E-state index in [0.29, 0.717) is 41.4 Å². The van der Waals surface area contributed by atoms with Gasteiger partial charge in [0, 0.05) is 23.6 Å². The summed E-state index contributed by atoms with van der Waals surface area (Å²) in [5, 5.41) is 8.73. The van der Waals surface area contributed by atoms with E-state index in [2.05, 4.69) is 72.3 Å². The number of amides is 5. The summed E-state index contributed by atoms with van der Waals surface area (Å²) in [4.78, 5) is 71.1. The molecule has 3 aliphatic rings. The number of nitrogens with zero attached hydrogens (tertiary/aromatic N) is 2. The third kappa shape index (κ3) is 11.8. The molecular formula is C46H66BrN5O9Si. The maximum atomic E-state index is 14.7. The SMILES string of the molecule is C=CCOC(=O)N[C@H](C(=O)N[C@@H](C)C(=O)Nc1ccc(COC(=O)N2c3cc(OCCCCCBr)c(C)cc3C(=O)N3CC4(CC4)C[C@H]3C2O[Si](C)(C)C(C)(C)C)cc1)C(C)C. The summed E-state index contributed by atoms with van der Waals surface area (Å²) in [6.07, 6.45) is 4.94. The molecule has 1 spiro atoms. The molecule has 2 aromatic rings. The summed E-state index contributed by atoms with van der Waals surface area (Å²) in [5.41, 5.74) is 2.80. The Morgan fingerprint density at radius 1 is 1.00 bits per heavy atom. The minimum Gasteiger partial charge on any atom is -0.493 e. The number of nitrogens with one attached hydrogen (secondary N) is 3. The predicted molar refractivity (Wildman–Crippen MR) is 246 cm³/mol. The highest BCUT2D eigenvalue weighted by molar-refractivity contribution is 9.09. The molecule has 2 fully saturated rings. The van der Waals surface area contributed by atoms with Crippen LogP contribution in [0.5, 0.6) is 5.75 Å². The molecule has 0 bridgehead atoms. The Hall–Kier alpha value is -4.41. The Bertz CT molecular complexity index is 1970. The van der Waals surface area contributed by atoms with Gasteiger partial charge in [0.2, 0.25) is 11.8 Å². The van der Waals surface area contributed by atoms with Crippen molar-refractivity contribution >= 4 is 65.5 Å². The molecule has 1 unspecified atom stereocenters. The fraction of sp³-hybridized carbons (Fsp3) is 0.587. The van der Waals surface area contributed by atoms with E-state index >= 15 is 0 Å². The topological polar surface area (TPSA) is 165 Å². The summed E-state index contributed by atoms with van der Waals surface area (Å²) in [7, 11) is -2.54. The van der Waals surface area contributed by atoms with Crippen LogP contribution in [0.3, 0.4) is 0 Å². The van der Waals surface area contributed by atoms with Crippen molar-refractivity contribution in [2.75, 3.05) is 35.3 Å². The van der Waals surface area contributed by atoms with Crippen molar-refractivity contribution in [2.24, 2.45) is 11.3 Å². The number of alkyl carbamates (subject to hydrolysis) is 1. The molecular weight excluding hydrogens is 875 g/mol. The molecule has 14 nitrogen and oxygen atoms in total. The second-order valence-corrected chi connectivity index (χ2v) is 24.3. The van der Waals surface area contributed by atoms with Crippen LogP contribution < -0.4 is 25.6 Å². The van der Waals surface area contributed by atoms with E-state index in [1.54, 1.807) is 49.9 Å². The Kier molecular flexibility index (Phi) is 16.0. The lowest BCUT2D eigenvalue weighted by molar-refractivity contribution is -0.128. The van der Waals surface area contributed by atoms with Crippen molar-refractivity contribution < 1.29 is 42.6 Å². The minimum atomic E-state index is -2.54. The van der Waals surface area contributed by atoms with Crippen LogP contribution in [0.25, 0.3) is 0 Å². The van der Waals surface area contributed by atoms with Crippen LogP contribution in [-0.4, -0.2) is 92.6 Å².